The van der Waals surface area contributed by atoms with E-state index in [0.717, 1.165) is 23.5 Å². The molecule has 0 unspecified atom stereocenters. The molecule has 2 amide bonds. The third-order valence-corrected chi connectivity index (χ3v) is 1.60. The van der Waals surface area contributed by atoms with E-state index in [4.69, 9.17) is 5.84 Å². The number of allylic oxidation sites excluding steroid dienone is 1. The van der Waals surface area contributed by atoms with Crippen LogP contribution >= 0.6 is 0 Å². The number of nitrogens with zero attached hydrogens (tertiary/aromatic N) is 2. The van der Waals surface area contributed by atoms with Gasteiger partial charge in [0, 0.05) is 19.8 Å². The van der Waals surface area contributed by atoms with Crippen LogP contribution in [-0.2, 0) is 0 Å². The SMILES string of the molecule is C=C(CCC)N(C)C(=O)N(C)N. The number of hydrogen-bond acceptors (Lipinski definition) is 2. The van der Waals surface area contributed by atoms with Crippen molar-refractivity contribution in [2.75, 3.05) is 14.1 Å². The van der Waals surface area contributed by atoms with Crippen molar-refractivity contribution in [3.8, 4) is 0 Å². The lowest BCUT2D eigenvalue weighted by molar-refractivity contribution is 0.183. The molecule has 0 aliphatic carbocycles. The Labute approximate surface area is 73.6 Å². The molecule has 70 valence electrons. The molecule has 0 aliphatic heterocycles. The first-order valence-corrected chi connectivity index (χ1v) is 3.94. The number of nitrogens with two attached hydrogens (primary N) is 1. The lowest BCUT2D eigenvalue weighted by atomic mass is 10.2. The van der Waals surface area contributed by atoms with Gasteiger partial charge in [0.2, 0.25) is 0 Å². The fourth-order valence-electron chi connectivity index (χ4n) is 0.828. The second kappa shape index (κ2) is 4.77. The number of hydrazine groups is 1. The molecule has 0 bridgehead atoms. The first-order chi connectivity index (χ1) is 5.50. The van der Waals surface area contributed by atoms with Gasteiger partial charge in [-0.2, -0.15) is 0 Å². The molecule has 0 aromatic carbocycles. The minimum absolute atomic E-state index is 0.242. The fourth-order valence-corrected chi connectivity index (χ4v) is 0.828. The number of rotatable bonds is 3. The highest BCUT2D eigenvalue weighted by atomic mass is 16.2. The van der Waals surface area contributed by atoms with Crippen molar-refractivity contribution >= 4 is 6.03 Å². The van der Waals surface area contributed by atoms with Crippen LogP contribution in [-0.4, -0.2) is 30.0 Å². The van der Waals surface area contributed by atoms with E-state index in [0.29, 0.717) is 0 Å². The number of urea groups is 1. The predicted molar refractivity (Wildman–Crippen MR) is 49.2 cm³/mol. The van der Waals surface area contributed by atoms with E-state index in [2.05, 4.69) is 6.58 Å². The number of hydrogen-bond donors (Lipinski definition) is 1. The van der Waals surface area contributed by atoms with Crippen molar-refractivity contribution in [2.24, 2.45) is 5.84 Å². The van der Waals surface area contributed by atoms with Gasteiger partial charge in [0.05, 0.1) is 0 Å². The Balaban J connectivity index is 4.10. The summed E-state index contributed by atoms with van der Waals surface area (Å²) < 4.78 is 0. The van der Waals surface area contributed by atoms with E-state index in [-0.39, 0.29) is 6.03 Å². The highest BCUT2D eigenvalue weighted by Crippen LogP contribution is 2.07. The van der Waals surface area contributed by atoms with Crippen LogP contribution in [0.3, 0.4) is 0 Å². The van der Waals surface area contributed by atoms with E-state index >= 15 is 0 Å². The summed E-state index contributed by atoms with van der Waals surface area (Å²) in [4.78, 5) is 12.7. The molecular weight excluding hydrogens is 154 g/mol. The summed E-state index contributed by atoms with van der Waals surface area (Å²) in [6, 6.07) is -0.242. The second-order valence-corrected chi connectivity index (χ2v) is 2.77. The zero-order valence-corrected chi connectivity index (χ0v) is 8.00. The molecule has 0 fully saturated rings. The maximum atomic E-state index is 11.2. The maximum Gasteiger partial charge on any atom is 0.337 e. The Morgan fingerprint density at radius 3 is 2.33 bits per heavy atom. The third kappa shape index (κ3) is 2.92. The molecule has 4 heteroatoms. The fraction of sp³-hybridized carbons (Fsp3) is 0.625. The van der Waals surface area contributed by atoms with Crippen LogP contribution in [0, 0.1) is 0 Å². The topological polar surface area (TPSA) is 49.6 Å². The molecule has 12 heavy (non-hydrogen) atoms. The minimum Gasteiger partial charge on any atom is -0.301 e. The van der Waals surface area contributed by atoms with Crippen molar-refractivity contribution in [1.29, 1.82) is 0 Å². The Hall–Kier alpha value is -1.03. The molecule has 0 saturated heterocycles. The molecule has 0 aliphatic rings. The molecule has 0 radical (unpaired) electrons. The van der Waals surface area contributed by atoms with Crippen molar-refractivity contribution < 1.29 is 4.79 Å². The summed E-state index contributed by atoms with van der Waals surface area (Å²) in [7, 11) is 3.18. The Bertz CT molecular complexity index is 177. The van der Waals surface area contributed by atoms with E-state index in [1.54, 1.807) is 7.05 Å². The van der Waals surface area contributed by atoms with Crippen molar-refractivity contribution in [3.63, 3.8) is 0 Å². The Morgan fingerprint density at radius 2 is 2.00 bits per heavy atom. The summed E-state index contributed by atoms with van der Waals surface area (Å²) in [5, 5.41) is 1.04. The largest absolute Gasteiger partial charge is 0.337 e. The lowest BCUT2D eigenvalue weighted by Crippen LogP contribution is -2.42. The van der Waals surface area contributed by atoms with Crippen molar-refractivity contribution in [3.05, 3.63) is 12.3 Å². The summed E-state index contributed by atoms with van der Waals surface area (Å²) >= 11 is 0. The molecule has 2 N–H and O–H groups in total. The third-order valence-electron chi connectivity index (χ3n) is 1.60. The molecule has 0 saturated carbocycles. The van der Waals surface area contributed by atoms with Crippen LogP contribution < -0.4 is 5.84 Å². The van der Waals surface area contributed by atoms with Crippen LogP contribution in [0.15, 0.2) is 12.3 Å². The lowest BCUT2D eigenvalue weighted by Gasteiger charge is -2.22. The van der Waals surface area contributed by atoms with Gasteiger partial charge < -0.3 is 4.90 Å². The number of carbonyl (C=O) groups excluding carboxylic acids is 1. The zero-order valence-electron chi connectivity index (χ0n) is 8.00. The minimum atomic E-state index is -0.242. The zero-order chi connectivity index (χ0) is 9.72. The van der Waals surface area contributed by atoms with Gasteiger partial charge >= 0.3 is 6.03 Å². The van der Waals surface area contributed by atoms with E-state index in [1.807, 2.05) is 6.92 Å². The standard InChI is InChI=1S/C8H17N3O/c1-5-6-7(2)10(3)8(12)11(4)9/h2,5-6,9H2,1,3-4H3. The van der Waals surface area contributed by atoms with Gasteiger partial charge in [-0.05, 0) is 6.42 Å². The first kappa shape index (κ1) is 11.0. The number of amides is 2. The highest BCUT2D eigenvalue weighted by Gasteiger charge is 2.12. The van der Waals surface area contributed by atoms with Crippen LogP contribution in [0.5, 0.6) is 0 Å². The molecular formula is C8H17N3O. The normalized spacial score (nSPS) is 9.33. The first-order valence-electron chi connectivity index (χ1n) is 3.94. The van der Waals surface area contributed by atoms with Gasteiger partial charge in [-0.1, -0.05) is 19.9 Å². The van der Waals surface area contributed by atoms with Crippen LogP contribution in [0.1, 0.15) is 19.8 Å². The van der Waals surface area contributed by atoms with Gasteiger partial charge in [-0.25, -0.2) is 10.6 Å². The van der Waals surface area contributed by atoms with Crippen molar-refractivity contribution in [1.82, 2.24) is 9.91 Å². The number of carbonyl (C=O) groups is 1. The average Bonchev–Trinajstić information content (AvgIpc) is 2.02. The van der Waals surface area contributed by atoms with Crippen LogP contribution in [0.4, 0.5) is 4.79 Å². The highest BCUT2D eigenvalue weighted by molar-refractivity contribution is 5.74. The Morgan fingerprint density at radius 1 is 1.50 bits per heavy atom. The van der Waals surface area contributed by atoms with Crippen LogP contribution in [0.2, 0.25) is 0 Å². The monoisotopic (exact) mass is 171 g/mol. The quantitative estimate of drug-likeness (QED) is 0.393. The van der Waals surface area contributed by atoms with E-state index in [1.165, 1.54) is 11.9 Å². The molecule has 0 heterocycles. The average molecular weight is 171 g/mol. The molecule has 0 aromatic heterocycles. The smallest absolute Gasteiger partial charge is 0.301 e. The van der Waals surface area contributed by atoms with E-state index in [9.17, 15) is 4.79 Å². The van der Waals surface area contributed by atoms with E-state index < -0.39 is 0 Å². The second-order valence-electron chi connectivity index (χ2n) is 2.77. The van der Waals surface area contributed by atoms with Crippen LogP contribution in [0.25, 0.3) is 0 Å². The summed E-state index contributed by atoms with van der Waals surface area (Å²) in [5.74, 6) is 5.27. The molecule has 4 nitrogen and oxygen atoms in total. The predicted octanol–water partition coefficient (Wildman–Crippen LogP) is 1.16. The van der Waals surface area contributed by atoms with Gasteiger partial charge in [-0.3, -0.25) is 5.01 Å². The molecule has 0 atom stereocenters. The molecule has 0 rings (SSSR count). The maximum absolute atomic E-state index is 11.2. The molecule has 0 aromatic rings. The Kier molecular flexibility index (Phi) is 4.36. The van der Waals surface area contributed by atoms with Crippen molar-refractivity contribution in [2.45, 2.75) is 19.8 Å². The van der Waals surface area contributed by atoms with Gasteiger partial charge in [0.15, 0.2) is 0 Å². The van der Waals surface area contributed by atoms with Gasteiger partial charge in [-0.15, -0.1) is 0 Å². The molecule has 0 spiro atoms. The summed E-state index contributed by atoms with van der Waals surface area (Å²) in [6.45, 7) is 5.81. The summed E-state index contributed by atoms with van der Waals surface area (Å²) in [5.41, 5.74) is 0.791. The van der Waals surface area contributed by atoms with Gasteiger partial charge in [0.1, 0.15) is 0 Å². The summed E-state index contributed by atoms with van der Waals surface area (Å²) in [6.07, 6.45) is 1.79. The van der Waals surface area contributed by atoms with Gasteiger partial charge in [0.25, 0.3) is 0 Å².